The molecular weight excluding hydrogens is 353 g/mol. The van der Waals surface area contributed by atoms with E-state index in [2.05, 4.69) is 40.4 Å². The Morgan fingerprint density at radius 1 is 1.11 bits per heavy atom. The number of anilines is 1. The fourth-order valence-corrected chi connectivity index (χ4v) is 4.41. The van der Waals surface area contributed by atoms with Gasteiger partial charge in [0.2, 0.25) is 0 Å². The van der Waals surface area contributed by atoms with Crippen LogP contribution in [0.5, 0.6) is 0 Å². The van der Waals surface area contributed by atoms with Gasteiger partial charge >= 0.3 is 0 Å². The van der Waals surface area contributed by atoms with Gasteiger partial charge in [-0.2, -0.15) is 0 Å². The molecule has 0 aliphatic carbocycles. The molecule has 1 atom stereocenters. The van der Waals surface area contributed by atoms with Crippen LogP contribution in [-0.2, 0) is 6.42 Å². The van der Waals surface area contributed by atoms with E-state index in [0.717, 1.165) is 26.1 Å². The van der Waals surface area contributed by atoms with E-state index in [-0.39, 0.29) is 17.5 Å². The van der Waals surface area contributed by atoms with Gasteiger partial charge in [0.05, 0.1) is 11.6 Å². The second-order valence-electron chi connectivity index (χ2n) is 7.86. The maximum Gasteiger partial charge on any atom is 0.254 e. The van der Waals surface area contributed by atoms with Crippen molar-refractivity contribution in [3.8, 4) is 0 Å². The van der Waals surface area contributed by atoms with Crippen LogP contribution in [-0.4, -0.2) is 44.0 Å². The molecule has 0 radical (unpaired) electrons. The predicted molar refractivity (Wildman–Crippen MR) is 110 cm³/mol. The SMILES string of the molecule is CN1CCc2cc([C@H](CNC(=O)c3ccccc3F)N3CCCCC3)ccc21. The van der Waals surface area contributed by atoms with Crippen LogP contribution >= 0.6 is 0 Å². The molecule has 1 saturated heterocycles. The van der Waals surface area contributed by atoms with Crippen molar-refractivity contribution in [3.05, 3.63) is 65.0 Å². The summed E-state index contributed by atoms with van der Waals surface area (Å²) >= 11 is 0. The van der Waals surface area contributed by atoms with Gasteiger partial charge in [-0.05, 0) is 61.7 Å². The maximum absolute atomic E-state index is 14.0. The van der Waals surface area contributed by atoms with Crippen LogP contribution in [0.25, 0.3) is 0 Å². The molecule has 0 aromatic heterocycles. The van der Waals surface area contributed by atoms with Crippen molar-refractivity contribution in [2.45, 2.75) is 31.7 Å². The number of hydrogen-bond acceptors (Lipinski definition) is 3. The van der Waals surface area contributed by atoms with E-state index in [0.29, 0.717) is 6.54 Å². The summed E-state index contributed by atoms with van der Waals surface area (Å²) in [6, 6.07) is 13.0. The van der Waals surface area contributed by atoms with Crippen molar-refractivity contribution in [2.75, 3.05) is 38.1 Å². The summed E-state index contributed by atoms with van der Waals surface area (Å²) in [5.74, 6) is -0.823. The van der Waals surface area contributed by atoms with Gasteiger partial charge in [-0.3, -0.25) is 9.69 Å². The van der Waals surface area contributed by atoms with E-state index in [1.807, 2.05) is 0 Å². The average molecular weight is 381 g/mol. The van der Waals surface area contributed by atoms with E-state index in [1.54, 1.807) is 12.1 Å². The van der Waals surface area contributed by atoms with Gasteiger partial charge < -0.3 is 10.2 Å². The highest BCUT2D eigenvalue weighted by atomic mass is 19.1. The number of benzene rings is 2. The highest BCUT2D eigenvalue weighted by molar-refractivity contribution is 5.94. The monoisotopic (exact) mass is 381 g/mol. The number of nitrogens with zero attached hydrogens (tertiary/aromatic N) is 2. The molecule has 28 heavy (non-hydrogen) atoms. The quantitative estimate of drug-likeness (QED) is 0.856. The van der Waals surface area contributed by atoms with Crippen LogP contribution in [0.3, 0.4) is 0 Å². The summed E-state index contributed by atoms with van der Waals surface area (Å²) in [6.45, 7) is 3.62. The van der Waals surface area contributed by atoms with Crippen molar-refractivity contribution >= 4 is 11.6 Å². The zero-order chi connectivity index (χ0) is 19.5. The Morgan fingerprint density at radius 2 is 1.89 bits per heavy atom. The standard InChI is InChI=1S/C23H28FN3O/c1-26-14-11-18-15-17(9-10-21(18)26)22(27-12-5-2-6-13-27)16-25-23(28)19-7-3-4-8-20(19)24/h3-4,7-10,15,22H,2,5-6,11-14,16H2,1H3,(H,25,28)/t22-/m0/s1. The number of likely N-dealkylation sites (tertiary alicyclic amines) is 1. The average Bonchev–Trinajstić information content (AvgIpc) is 3.09. The Bertz CT molecular complexity index is 847. The summed E-state index contributed by atoms with van der Waals surface area (Å²) in [4.78, 5) is 17.3. The Morgan fingerprint density at radius 3 is 2.68 bits per heavy atom. The zero-order valence-electron chi connectivity index (χ0n) is 16.5. The number of carbonyl (C=O) groups is 1. The first-order chi connectivity index (χ1) is 13.6. The summed E-state index contributed by atoms with van der Waals surface area (Å²) in [5, 5.41) is 2.98. The molecule has 148 valence electrons. The number of amides is 1. The number of likely N-dealkylation sites (N-methyl/N-ethyl adjacent to an activating group) is 1. The molecular formula is C23H28FN3O. The number of fused-ring (bicyclic) bond motifs is 1. The van der Waals surface area contributed by atoms with Crippen LogP contribution in [0.4, 0.5) is 10.1 Å². The molecule has 2 aliphatic heterocycles. The van der Waals surface area contributed by atoms with E-state index in [4.69, 9.17) is 0 Å². The third-order valence-electron chi connectivity index (χ3n) is 6.02. The lowest BCUT2D eigenvalue weighted by Crippen LogP contribution is -2.40. The Labute approximate surface area is 166 Å². The number of piperidine rings is 1. The first kappa shape index (κ1) is 18.9. The normalized spacial score (nSPS) is 18.0. The predicted octanol–water partition coefficient (Wildman–Crippen LogP) is 3.78. The molecule has 2 aromatic rings. The third kappa shape index (κ3) is 3.90. The lowest BCUT2D eigenvalue weighted by molar-refractivity contribution is 0.0920. The van der Waals surface area contributed by atoms with Crippen LogP contribution in [0.15, 0.2) is 42.5 Å². The highest BCUT2D eigenvalue weighted by Gasteiger charge is 2.25. The van der Waals surface area contributed by atoms with Gasteiger partial charge in [0.15, 0.2) is 0 Å². The molecule has 2 aromatic carbocycles. The molecule has 5 heteroatoms. The molecule has 4 nitrogen and oxygen atoms in total. The maximum atomic E-state index is 14.0. The van der Waals surface area contributed by atoms with Crippen molar-refractivity contribution < 1.29 is 9.18 Å². The topological polar surface area (TPSA) is 35.6 Å². The molecule has 1 amide bonds. The lowest BCUT2D eigenvalue weighted by Gasteiger charge is -2.35. The fraction of sp³-hybridized carbons (Fsp3) is 0.435. The van der Waals surface area contributed by atoms with Gasteiger partial charge in [-0.25, -0.2) is 4.39 Å². The van der Waals surface area contributed by atoms with Crippen LogP contribution in [0.1, 0.15) is 46.8 Å². The highest BCUT2D eigenvalue weighted by Crippen LogP contribution is 2.32. The molecule has 2 aliphatic rings. The number of rotatable bonds is 5. The minimum absolute atomic E-state index is 0.107. The van der Waals surface area contributed by atoms with Gasteiger partial charge in [-0.15, -0.1) is 0 Å². The zero-order valence-corrected chi connectivity index (χ0v) is 16.5. The van der Waals surface area contributed by atoms with Crippen LogP contribution < -0.4 is 10.2 Å². The second kappa shape index (κ2) is 8.31. The minimum atomic E-state index is -0.477. The summed E-state index contributed by atoms with van der Waals surface area (Å²) in [6.07, 6.45) is 4.70. The molecule has 0 saturated carbocycles. The second-order valence-corrected chi connectivity index (χ2v) is 7.86. The van der Waals surface area contributed by atoms with Crippen LogP contribution in [0, 0.1) is 5.82 Å². The fourth-order valence-electron chi connectivity index (χ4n) is 4.41. The van der Waals surface area contributed by atoms with E-state index >= 15 is 0 Å². The number of halogens is 1. The van der Waals surface area contributed by atoms with Gasteiger partial charge in [0.1, 0.15) is 5.82 Å². The third-order valence-corrected chi connectivity index (χ3v) is 6.02. The smallest absolute Gasteiger partial charge is 0.254 e. The molecule has 2 heterocycles. The van der Waals surface area contributed by atoms with E-state index < -0.39 is 5.82 Å². The van der Waals surface area contributed by atoms with Crippen molar-refractivity contribution in [1.82, 2.24) is 10.2 Å². The summed E-state index contributed by atoms with van der Waals surface area (Å²) < 4.78 is 14.0. The van der Waals surface area contributed by atoms with Gasteiger partial charge in [0.25, 0.3) is 5.91 Å². The Kier molecular flexibility index (Phi) is 5.62. The number of nitrogens with one attached hydrogen (secondary N) is 1. The first-order valence-electron chi connectivity index (χ1n) is 10.2. The van der Waals surface area contributed by atoms with E-state index in [1.165, 1.54) is 48.2 Å². The minimum Gasteiger partial charge on any atom is -0.374 e. The molecule has 0 bridgehead atoms. The summed E-state index contributed by atoms with van der Waals surface area (Å²) in [5.41, 5.74) is 4.03. The molecule has 4 rings (SSSR count). The Hall–Kier alpha value is -2.40. The molecule has 0 spiro atoms. The Balaban J connectivity index is 1.54. The van der Waals surface area contributed by atoms with Gasteiger partial charge in [0, 0.05) is 25.8 Å². The molecule has 1 N–H and O–H groups in total. The summed E-state index contributed by atoms with van der Waals surface area (Å²) in [7, 11) is 2.13. The molecule has 1 fully saturated rings. The van der Waals surface area contributed by atoms with Crippen LogP contribution in [0.2, 0.25) is 0 Å². The number of carbonyl (C=O) groups excluding carboxylic acids is 1. The number of hydrogen-bond donors (Lipinski definition) is 1. The first-order valence-corrected chi connectivity index (χ1v) is 10.2. The van der Waals surface area contributed by atoms with Crippen molar-refractivity contribution in [3.63, 3.8) is 0 Å². The lowest BCUT2D eigenvalue weighted by atomic mass is 9.98. The van der Waals surface area contributed by atoms with Crippen molar-refractivity contribution in [2.24, 2.45) is 0 Å². The van der Waals surface area contributed by atoms with E-state index in [9.17, 15) is 9.18 Å². The van der Waals surface area contributed by atoms with Gasteiger partial charge in [-0.1, -0.05) is 30.7 Å². The molecule has 0 unspecified atom stereocenters. The largest absolute Gasteiger partial charge is 0.374 e. The van der Waals surface area contributed by atoms with Crippen molar-refractivity contribution in [1.29, 1.82) is 0 Å².